The highest BCUT2D eigenvalue weighted by atomic mass is 79.9. The van der Waals surface area contributed by atoms with E-state index in [2.05, 4.69) is 27.3 Å². The molecule has 2 aromatic carbocycles. The summed E-state index contributed by atoms with van der Waals surface area (Å²) in [5, 5.41) is 12.6. The van der Waals surface area contributed by atoms with Gasteiger partial charge in [0.25, 0.3) is 0 Å². The van der Waals surface area contributed by atoms with Crippen LogP contribution in [0.4, 0.5) is 0 Å². The van der Waals surface area contributed by atoms with E-state index in [0.29, 0.717) is 6.04 Å². The predicted octanol–water partition coefficient (Wildman–Crippen LogP) is 3.99. The zero-order valence-electron chi connectivity index (χ0n) is 11.7. The molecule has 1 aliphatic rings. The Bertz CT molecular complexity index is 609. The van der Waals surface area contributed by atoms with Crippen LogP contribution in [0, 0.1) is 0 Å². The minimum absolute atomic E-state index is 0.0493. The largest absolute Gasteiger partial charge is 0.457 e. The third-order valence-electron chi connectivity index (χ3n) is 3.52. The van der Waals surface area contributed by atoms with Crippen molar-refractivity contribution in [3.63, 3.8) is 0 Å². The van der Waals surface area contributed by atoms with Crippen LogP contribution in [0.5, 0.6) is 11.5 Å². The van der Waals surface area contributed by atoms with E-state index in [0.717, 1.165) is 33.6 Å². The maximum absolute atomic E-state index is 9.07. The van der Waals surface area contributed by atoms with Crippen LogP contribution in [0.3, 0.4) is 0 Å². The number of rotatable bonds is 6. The molecule has 110 valence electrons. The van der Waals surface area contributed by atoms with Crippen molar-refractivity contribution in [3.8, 4) is 11.5 Å². The van der Waals surface area contributed by atoms with Crippen molar-refractivity contribution in [2.75, 3.05) is 0 Å². The lowest BCUT2D eigenvalue weighted by atomic mass is 10.2. The lowest BCUT2D eigenvalue weighted by molar-refractivity contribution is 0.281. The van der Waals surface area contributed by atoms with Gasteiger partial charge in [0.2, 0.25) is 0 Å². The van der Waals surface area contributed by atoms with E-state index >= 15 is 0 Å². The van der Waals surface area contributed by atoms with Crippen LogP contribution in [0.1, 0.15) is 24.0 Å². The monoisotopic (exact) mass is 347 g/mol. The van der Waals surface area contributed by atoms with Crippen molar-refractivity contribution >= 4 is 15.9 Å². The minimum Gasteiger partial charge on any atom is -0.457 e. The Kier molecular flexibility index (Phi) is 4.58. The highest BCUT2D eigenvalue weighted by Gasteiger charge is 2.20. The topological polar surface area (TPSA) is 41.5 Å². The highest BCUT2D eigenvalue weighted by Crippen LogP contribution is 2.30. The van der Waals surface area contributed by atoms with Gasteiger partial charge in [-0.3, -0.25) is 0 Å². The average Bonchev–Trinajstić information content (AvgIpc) is 3.31. The second kappa shape index (κ2) is 6.60. The van der Waals surface area contributed by atoms with Crippen molar-refractivity contribution in [2.24, 2.45) is 0 Å². The van der Waals surface area contributed by atoms with Crippen LogP contribution in [-0.2, 0) is 13.2 Å². The Morgan fingerprint density at radius 3 is 2.57 bits per heavy atom. The zero-order valence-corrected chi connectivity index (χ0v) is 13.3. The van der Waals surface area contributed by atoms with Gasteiger partial charge in [-0.05, 0) is 42.7 Å². The van der Waals surface area contributed by atoms with Crippen LogP contribution in [-0.4, -0.2) is 11.1 Å². The molecule has 0 radical (unpaired) electrons. The molecule has 2 N–H and O–H groups in total. The second-order valence-electron chi connectivity index (χ2n) is 5.31. The smallest absolute Gasteiger partial charge is 0.133 e. The quantitative estimate of drug-likeness (QED) is 0.830. The van der Waals surface area contributed by atoms with E-state index in [1.807, 2.05) is 36.4 Å². The van der Waals surface area contributed by atoms with Crippen molar-refractivity contribution in [1.82, 2.24) is 5.32 Å². The number of aliphatic hydroxyl groups is 1. The van der Waals surface area contributed by atoms with Crippen LogP contribution < -0.4 is 10.1 Å². The SMILES string of the molecule is OCc1ccc(Oc2cc(Br)ccc2CNC2CC2)cc1. The molecule has 2 aromatic rings. The van der Waals surface area contributed by atoms with E-state index in [4.69, 9.17) is 9.84 Å². The van der Waals surface area contributed by atoms with Crippen molar-refractivity contribution in [3.05, 3.63) is 58.1 Å². The van der Waals surface area contributed by atoms with E-state index in [1.54, 1.807) is 0 Å². The molecular weight excluding hydrogens is 330 g/mol. The van der Waals surface area contributed by atoms with E-state index in [1.165, 1.54) is 12.8 Å². The Labute approximate surface area is 133 Å². The summed E-state index contributed by atoms with van der Waals surface area (Å²) in [6.45, 7) is 0.871. The highest BCUT2D eigenvalue weighted by molar-refractivity contribution is 9.10. The summed E-state index contributed by atoms with van der Waals surface area (Å²) in [6.07, 6.45) is 2.55. The average molecular weight is 348 g/mol. The Hall–Kier alpha value is -1.36. The summed E-state index contributed by atoms with van der Waals surface area (Å²) in [7, 11) is 0. The Morgan fingerprint density at radius 1 is 1.14 bits per heavy atom. The molecule has 0 saturated heterocycles. The van der Waals surface area contributed by atoms with Gasteiger partial charge < -0.3 is 15.2 Å². The first-order chi connectivity index (χ1) is 10.2. The number of halogens is 1. The van der Waals surface area contributed by atoms with Crippen LogP contribution in [0.2, 0.25) is 0 Å². The molecule has 1 saturated carbocycles. The van der Waals surface area contributed by atoms with Crippen LogP contribution in [0.15, 0.2) is 46.9 Å². The van der Waals surface area contributed by atoms with Gasteiger partial charge in [-0.25, -0.2) is 0 Å². The molecular formula is C17H18BrNO2. The first-order valence-electron chi connectivity index (χ1n) is 7.14. The fourth-order valence-corrected chi connectivity index (χ4v) is 2.44. The summed E-state index contributed by atoms with van der Waals surface area (Å²) in [5.41, 5.74) is 2.03. The summed E-state index contributed by atoms with van der Waals surface area (Å²) < 4.78 is 6.99. The zero-order chi connectivity index (χ0) is 14.7. The number of aliphatic hydroxyl groups excluding tert-OH is 1. The number of ether oxygens (including phenoxy) is 1. The molecule has 0 bridgehead atoms. The molecule has 0 unspecified atom stereocenters. The van der Waals surface area contributed by atoms with Crippen molar-refractivity contribution in [2.45, 2.75) is 32.0 Å². The molecule has 3 rings (SSSR count). The normalized spacial score (nSPS) is 14.2. The molecule has 0 atom stereocenters. The predicted molar refractivity (Wildman–Crippen MR) is 86.4 cm³/mol. The summed E-state index contributed by atoms with van der Waals surface area (Å²) in [4.78, 5) is 0. The fourth-order valence-electron chi connectivity index (χ4n) is 2.10. The van der Waals surface area contributed by atoms with Gasteiger partial charge in [-0.15, -0.1) is 0 Å². The molecule has 0 aromatic heterocycles. The maximum Gasteiger partial charge on any atom is 0.133 e. The molecule has 0 spiro atoms. The summed E-state index contributed by atoms with van der Waals surface area (Å²) >= 11 is 3.49. The summed E-state index contributed by atoms with van der Waals surface area (Å²) in [6, 6.07) is 14.3. The third-order valence-corrected chi connectivity index (χ3v) is 4.01. The van der Waals surface area contributed by atoms with E-state index in [9.17, 15) is 0 Å². The molecule has 4 heteroatoms. The van der Waals surface area contributed by atoms with Gasteiger partial charge in [0.1, 0.15) is 11.5 Å². The van der Waals surface area contributed by atoms with Gasteiger partial charge in [-0.2, -0.15) is 0 Å². The van der Waals surface area contributed by atoms with Gasteiger partial charge >= 0.3 is 0 Å². The van der Waals surface area contributed by atoms with E-state index < -0.39 is 0 Å². The molecule has 1 fully saturated rings. The molecule has 21 heavy (non-hydrogen) atoms. The first-order valence-corrected chi connectivity index (χ1v) is 7.93. The van der Waals surface area contributed by atoms with Gasteiger partial charge in [0.15, 0.2) is 0 Å². The van der Waals surface area contributed by atoms with Gasteiger partial charge in [0.05, 0.1) is 6.61 Å². The van der Waals surface area contributed by atoms with Crippen molar-refractivity contribution in [1.29, 1.82) is 0 Å². The Balaban J connectivity index is 1.76. The molecule has 0 aliphatic heterocycles. The number of benzene rings is 2. The number of hydrogen-bond acceptors (Lipinski definition) is 3. The minimum atomic E-state index is 0.0493. The second-order valence-corrected chi connectivity index (χ2v) is 6.23. The molecule has 1 aliphatic carbocycles. The fraction of sp³-hybridized carbons (Fsp3) is 0.294. The maximum atomic E-state index is 9.07. The first kappa shape index (κ1) is 14.6. The number of nitrogens with one attached hydrogen (secondary N) is 1. The summed E-state index contributed by atoms with van der Waals surface area (Å²) in [5.74, 6) is 1.63. The molecule has 0 amide bonds. The standard InChI is InChI=1S/C17H18BrNO2/c18-14-4-3-13(10-19-15-5-6-15)17(9-14)21-16-7-1-12(11-20)2-8-16/h1-4,7-9,15,19-20H,5-6,10-11H2. The third kappa shape index (κ3) is 4.06. The lowest BCUT2D eigenvalue weighted by Gasteiger charge is -2.12. The van der Waals surface area contributed by atoms with Crippen LogP contribution >= 0.6 is 15.9 Å². The van der Waals surface area contributed by atoms with Gasteiger partial charge in [0, 0.05) is 22.6 Å². The van der Waals surface area contributed by atoms with Crippen molar-refractivity contribution < 1.29 is 9.84 Å². The molecule has 0 heterocycles. The molecule has 3 nitrogen and oxygen atoms in total. The van der Waals surface area contributed by atoms with Crippen LogP contribution in [0.25, 0.3) is 0 Å². The Morgan fingerprint density at radius 2 is 1.90 bits per heavy atom. The number of hydrogen-bond donors (Lipinski definition) is 2. The van der Waals surface area contributed by atoms with E-state index in [-0.39, 0.29) is 6.61 Å². The van der Waals surface area contributed by atoms with Gasteiger partial charge in [-0.1, -0.05) is 34.1 Å². The lowest BCUT2D eigenvalue weighted by Crippen LogP contribution is -2.15.